The van der Waals surface area contributed by atoms with Crippen LogP contribution in [0.2, 0.25) is 0 Å². The molecule has 4 aromatic carbocycles. The second kappa shape index (κ2) is 16.6. The van der Waals surface area contributed by atoms with Crippen molar-refractivity contribution in [3.8, 4) is 11.5 Å². The summed E-state index contributed by atoms with van der Waals surface area (Å²) in [6.07, 6.45) is 0.806. The van der Waals surface area contributed by atoms with E-state index < -0.39 is 7.92 Å². The summed E-state index contributed by atoms with van der Waals surface area (Å²) in [5, 5.41) is 4.19. The third-order valence-electron chi connectivity index (χ3n) is 4.83. The Balaban J connectivity index is 0.000000239. The third-order valence-corrected chi connectivity index (χ3v) is 7.28. The van der Waals surface area contributed by atoms with Crippen LogP contribution in [0.4, 0.5) is 0 Å². The van der Waals surface area contributed by atoms with E-state index in [0.717, 1.165) is 17.7 Å². The molecule has 0 aliphatic heterocycles. The average molecular weight is 629 g/mol. The minimum absolute atomic E-state index is 0.446. The second-order valence-corrected chi connectivity index (χ2v) is 9.20. The summed E-state index contributed by atoms with van der Waals surface area (Å²) in [4.78, 5) is 0. The van der Waals surface area contributed by atoms with Gasteiger partial charge >= 0.3 is 30.6 Å². The molecule has 6 heteroatoms. The molecule has 180 valence electrons. The Morgan fingerprint density at radius 2 is 1.15 bits per heavy atom. The van der Waals surface area contributed by atoms with Gasteiger partial charge in [0.05, 0.1) is 20.0 Å². The van der Waals surface area contributed by atoms with Gasteiger partial charge in [-0.3, -0.25) is 0 Å². The molecule has 0 bridgehead atoms. The Hall–Kier alpha value is -1.99. The fourth-order valence-electron chi connectivity index (χ4n) is 3.30. The third kappa shape index (κ3) is 8.66. The van der Waals surface area contributed by atoms with Crippen LogP contribution in [-0.4, -0.2) is 20.8 Å². The quantitative estimate of drug-likeness (QED) is 0.172. The van der Waals surface area contributed by atoms with Crippen LogP contribution in [0.3, 0.4) is 0 Å². The predicted molar refractivity (Wildman–Crippen MR) is 145 cm³/mol. The van der Waals surface area contributed by atoms with Crippen LogP contribution in [0.25, 0.3) is 0 Å². The first-order chi connectivity index (χ1) is 16.8. The fraction of sp³-hybridized carbons (Fsp3) is 0.143. The Labute approximate surface area is 222 Å². The van der Waals surface area contributed by atoms with E-state index >= 15 is 0 Å². The van der Waals surface area contributed by atoms with Crippen LogP contribution in [0, 0.1) is 6.07 Å². The Bertz CT molecular complexity index is 976. The number of benzene rings is 4. The molecular formula is C28H29BrNO2PPd. The fourth-order valence-corrected chi connectivity index (χ4v) is 5.60. The van der Waals surface area contributed by atoms with E-state index in [2.05, 4.69) is 128 Å². The molecule has 0 aliphatic rings. The van der Waals surface area contributed by atoms with Crippen molar-refractivity contribution in [3.63, 3.8) is 0 Å². The predicted octanol–water partition coefficient (Wildman–Crippen LogP) is 5.29. The van der Waals surface area contributed by atoms with Crippen LogP contribution in [0.5, 0.6) is 11.5 Å². The topological polar surface area (TPSA) is 44.5 Å². The van der Waals surface area contributed by atoms with Crippen molar-refractivity contribution in [3.05, 3.63) is 115 Å². The molecular weight excluding hydrogens is 600 g/mol. The number of ether oxygens (including phenoxy) is 2. The van der Waals surface area contributed by atoms with Crippen molar-refractivity contribution in [2.45, 2.75) is 6.42 Å². The van der Waals surface area contributed by atoms with Gasteiger partial charge in [0.15, 0.2) is 0 Å². The van der Waals surface area contributed by atoms with E-state index in [4.69, 9.17) is 15.2 Å². The van der Waals surface area contributed by atoms with Crippen molar-refractivity contribution < 1.29 is 26.7 Å². The summed E-state index contributed by atoms with van der Waals surface area (Å²) in [5.74, 6) is 1.42. The standard InChI is InChI=1S/C18H15P.C10H14NO2.BrH.Pd/c1-4-10-16(11-5-1)19(17-12-6-2-7-13-17)18-14-8-3-9-15-18;1-12-9-4-3-8(5-6-11)7-10(9)13-2;;/h1-15H;4,7H,5-6,11H2,1-2H3;1H;/q;-1;;+2/p-1. The Kier molecular flexibility index (Phi) is 13.8. The van der Waals surface area contributed by atoms with Crippen LogP contribution < -0.4 is 31.1 Å². The van der Waals surface area contributed by atoms with Crippen LogP contribution >= 0.6 is 21.4 Å². The van der Waals surface area contributed by atoms with Gasteiger partial charge in [-0.05, 0) is 36.8 Å². The molecule has 0 atom stereocenters. The minimum Gasteiger partial charge on any atom is -0.0622 e. The van der Waals surface area contributed by atoms with Crippen molar-refractivity contribution in [2.24, 2.45) is 5.73 Å². The summed E-state index contributed by atoms with van der Waals surface area (Å²) in [6, 6.07) is 39.1. The van der Waals surface area contributed by atoms with Gasteiger partial charge in [-0.25, -0.2) is 0 Å². The maximum atomic E-state index is 5.43. The van der Waals surface area contributed by atoms with Crippen molar-refractivity contribution in [1.82, 2.24) is 0 Å². The van der Waals surface area contributed by atoms with Crippen LogP contribution in [0.1, 0.15) is 5.56 Å². The smallest absolute Gasteiger partial charge is 0.0134 e. The Morgan fingerprint density at radius 1 is 0.735 bits per heavy atom. The van der Waals surface area contributed by atoms with E-state index in [-0.39, 0.29) is 0 Å². The SMILES string of the molecule is COc1c[c-]c(CCN)cc1OC.[Br][Pd+].c1ccc(P(c2ccccc2)c2ccccc2)cc1. The average Bonchev–Trinajstić information content (AvgIpc) is 2.92. The molecule has 0 aliphatic carbocycles. The zero-order chi connectivity index (χ0) is 24.6. The molecule has 0 aromatic heterocycles. The number of rotatable bonds is 7. The van der Waals surface area contributed by atoms with Gasteiger partial charge in [0, 0.05) is 5.75 Å². The summed E-state index contributed by atoms with van der Waals surface area (Å²) < 4.78 is 10.2. The molecule has 3 nitrogen and oxygen atoms in total. The van der Waals surface area contributed by atoms with Gasteiger partial charge < -0.3 is 15.2 Å². The van der Waals surface area contributed by atoms with Crippen molar-refractivity contribution >= 4 is 37.3 Å². The molecule has 0 saturated heterocycles. The molecule has 0 unspecified atom stereocenters. The number of halogens is 1. The van der Waals surface area contributed by atoms with E-state index in [9.17, 15) is 0 Å². The van der Waals surface area contributed by atoms with Crippen LogP contribution in [0.15, 0.2) is 103 Å². The second-order valence-electron chi connectivity index (χ2n) is 6.98. The Morgan fingerprint density at radius 3 is 1.50 bits per heavy atom. The van der Waals surface area contributed by atoms with Gasteiger partial charge in [0.1, 0.15) is 0 Å². The summed E-state index contributed by atoms with van der Waals surface area (Å²) in [5.41, 5.74) is 6.47. The molecule has 0 spiro atoms. The molecule has 34 heavy (non-hydrogen) atoms. The molecule has 0 radical (unpaired) electrons. The van der Waals surface area contributed by atoms with E-state index in [1.807, 2.05) is 6.07 Å². The maximum Gasteiger partial charge on any atom is -0.0134 e. The van der Waals surface area contributed by atoms with E-state index in [1.54, 1.807) is 20.3 Å². The summed E-state index contributed by atoms with van der Waals surface area (Å²) in [6.45, 7) is 0.617. The van der Waals surface area contributed by atoms with Gasteiger partial charge in [0.25, 0.3) is 0 Å². The molecule has 0 fully saturated rings. The summed E-state index contributed by atoms with van der Waals surface area (Å²) >= 11 is 5.35. The minimum atomic E-state index is -0.446. The van der Waals surface area contributed by atoms with Gasteiger partial charge in [0.2, 0.25) is 0 Å². The molecule has 0 amide bonds. The first-order valence-corrected chi connectivity index (χ1v) is 15.6. The molecule has 0 saturated carbocycles. The monoisotopic (exact) mass is 627 g/mol. The van der Waals surface area contributed by atoms with Crippen molar-refractivity contribution in [1.29, 1.82) is 0 Å². The molecule has 2 N–H and O–H groups in total. The zero-order valence-electron chi connectivity index (χ0n) is 19.3. The first-order valence-electron chi connectivity index (χ1n) is 10.7. The molecule has 4 aromatic rings. The van der Waals surface area contributed by atoms with Crippen LogP contribution in [-0.2, 0) is 23.6 Å². The number of nitrogens with two attached hydrogens (primary N) is 1. The van der Waals surface area contributed by atoms with Gasteiger partial charge in [-0.15, -0.1) is 12.1 Å². The maximum absolute atomic E-state index is 5.43. The normalized spacial score (nSPS) is 9.85. The summed E-state index contributed by atoms with van der Waals surface area (Å²) in [7, 11) is 2.77. The molecule has 0 heterocycles. The van der Waals surface area contributed by atoms with Crippen molar-refractivity contribution in [2.75, 3.05) is 20.8 Å². The zero-order valence-corrected chi connectivity index (χ0v) is 23.3. The van der Waals surface area contributed by atoms with Gasteiger partial charge in [-0.1, -0.05) is 91.0 Å². The van der Waals surface area contributed by atoms with E-state index in [1.165, 1.54) is 15.9 Å². The van der Waals surface area contributed by atoms with Gasteiger partial charge in [-0.2, -0.15) is 11.6 Å². The van der Waals surface area contributed by atoms with E-state index in [0.29, 0.717) is 12.3 Å². The number of hydrogen-bond acceptors (Lipinski definition) is 3. The molecule has 4 rings (SSSR count). The largest absolute Gasteiger partial charge is 0.0622 e. The number of hydrogen-bond donors (Lipinski definition) is 1. The first kappa shape index (κ1) is 28.3. The number of methoxy groups -OCH3 is 2.